The van der Waals surface area contributed by atoms with E-state index in [1.807, 2.05) is 0 Å². The third kappa shape index (κ3) is 5.03. The molecule has 0 aromatic rings. The molecule has 0 saturated heterocycles. The number of hydrogen-bond donors (Lipinski definition) is 2. The normalized spacial score (nSPS) is 23.2. The Morgan fingerprint density at radius 3 is 2.81 bits per heavy atom. The van der Waals surface area contributed by atoms with Crippen LogP contribution in [-0.2, 0) is 23.9 Å². The Kier molecular flexibility index (Phi) is 6.10. The highest BCUT2D eigenvalue weighted by Crippen LogP contribution is 2.14. The summed E-state index contributed by atoms with van der Waals surface area (Å²) < 4.78 is 10.2. The van der Waals surface area contributed by atoms with E-state index in [2.05, 4.69) is 5.32 Å². The summed E-state index contributed by atoms with van der Waals surface area (Å²) in [6.07, 6.45) is 1.37. The first-order chi connectivity index (χ1) is 9.85. The summed E-state index contributed by atoms with van der Waals surface area (Å²) in [5, 5.41) is 11.5. The van der Waals surface area contributed by atoms with Crippen LogP contribution in [0, 0.1) is 0 Å². The Morgan fingerprint density at radius 1 is 1.57 bits per heavy atom. The molecular formula is C14H19NO6. The third-order valence-electron chi connectivity index (χ3n) is 2.91. The first kappa shape index (κ1) is 16.9. The number of nitrogens with one attached hydrogen (secondary N) is 1. The molecule has 1 heterocycles. The maximum Gasteiger partial charge on any atom is 0.334 e. The van der Waals surface area contributed by atoms with Crippen LogP contribution in [0.25, 0.3) is 0 Å². The zero-order chi connectivity index (χ0) is 16.0. The highest BCUT2D eigenvalue weighted by Gasteiger charge is 2.30. The van der Waals surface area contributed by atoms with Crippen molar-refractivity contribution in [1.29, 1.82) is 0 Å². The molecule has 7 nitrogen and oxygen atoms in total. The number of ether oxygens (including phenoxy) is 2. The average Bonchev–Trinajstić information content (AvgIpc) is 2.45. The summed E-state index contributed by atoms with van der Waals surface area (Å²) >= 11 is 0. The molecule has 3 atom stereocenters. The Hall–Kier alpha value is -2.15. The van der Waals surface area contributed by atoms with Gasteiger partial charge in [-0.15, -0.1) is 0 Å². The second-order valence-electron chi connectivity index (χ2n) is 4.60. The van der Waals surface area contributed by atoms with Crippen LogP contribution in [0.2, 0.25) is 0 Å². The zero-order valence-electron chi connectivity index (χ0n) is 12.2. The van der Waals surface area contributed by atoms with E-state index < -0.39 is 36.2 Å². The van der Waals surface area contributed by atoms with E-state index in [1.165, 1.54) is 13.0 Å². The van der Waals surface area contributed by atoms with Crippen molar-refractivity contribution in [1.82, 2.24) is 5.32 Å². The van der Waals surface area contributed by atoms with Crippen molar-refractivity contribution in [3.05, 3.63) is 23.8 Å². The number of esters is 2. The number of aliphatic hydroxyl groups excluding tert-OH is 1. The van der Waals surface area contributed by atoms with Gasteiger partial charge in [-0.3, -0.25) is 4.79 Å². The van der Waals surface area contributed by atoms with E-state index in [1.54, 1.807) is 19.9 Å². The predicted octanol–water partition coefficient (Wildman–Crippen LogP) is -0.157. The molecule has 7 heteroatoms. The molecule has 2 N–H and O–H groups in total. The molecule has 1 amide bonds. The molecule has 0 radical (unpaired) electrons. The maximum atomic E-state index is 11.7. The van der Waals surface area contributed by atoms with Gasteiger partial charge in [-0.2, -0.15) is 0 Å². The van der Waals surface area contributed by atoms with Crippen LogP contribution in [-0.4, -0.2) is 47.8 Å². The van der Waals surface area contributed by atoms with Crippen LogP contribution in [0.3, 0.4) is 0 Å². The topological polar surface area (TPSA) is 102 Å². The lowest BCUT2D eigenvalue weighted by Crippen LogP contribution is -2.46. The number of hydrogen-bond acceptors (Lipinski definition) is 6. The van der Waals surface area contributed by atoms with Crippen molar-refractivity contribution in [2.24, 2.45) is 0 Å². The third-order valence-corrected chi connectivity index (χ3v) is 2.91. The second kappa shape index (κ2) is 7.58. The molecule has 21 heavy (non-hydrogen) atoms. The van der Waals surface area contributed by atoms with Gasteiger partial charge in [-0.25, -0.2) is 9.59 Å². The Bertz CT molecular complexity index is 480. The molecule has 0 aromatic heterocycles. The molecule has 1 aliphatic rings. The van der Waals surface area contributed by atoms with Gasteiger partial charge >= 0.3 is 11.9 Å². The maximum absolute atomic E-state index is 11.7. The first-order valence-electron chi connectivity index (χ1n) is 6.53. The van der Waals surface area contributed by atoms with Crippen LogP contribution < -0.4 is 5.32 Å². The van der Waals surface area contributed by atoms with Gasteiger partial charge in [0.15, 0.2) is 12.2 Å². The van der Waals surface area contributed by atoms with Crippen molar-refractivity contribution >= 4 is 17.8 Å². The number of amides is 1. The van der Waals surface area contributed by atoms with Crippen molar-refractivity contribution in [2.75, 3.05) is 6.54 Å². The molecule has 0 saturated carbocycles. The van der Waals surface area contributed by atoms with Gasteiger partial charge in [0.1, 0.15) is 6.10 Å². The highest BCUT2D eigenvalue weighted by molar-refractivity contribution is 5.88. The van der Waals surface area contributed by atoms with Crippen LogP contribution in [0.4, 0.5) is 0 Å². The van der Waals surface area contributed by atoms with Crippen LogP contribution in [0.5, 0.6) is 0 Å². The number of cyclic esters (lactones) is 1. The largest absolute Gasteiger partial charge is 0.453 e. The minimum atomic E-state index is -1.17. The Morgan fingerprint density at radius 2 is 2.24 bits per heavy atom. The zero-order valence-corrected chi connectivity index (χ0v) is 12.2. The monoisotopic (exact) mass is 297 g/mol. The molecule has 0 fully saturated rings. The van der Waals surface area contributed by atoms with Gasteiger partial charge in [0.2, 0.25) is 5.91 Å². The fourth-order valence-electron chi connectivity index (χ4n) is 1.51. The Labute approximate surface area is 122 Å². The van der Waals surface area contributed by atoms with E-state index in [4.69, 9.17) is 14.6 Å². The molecule has 0 aliphatic carbocycles. The number of allylic oxidation sites excluding steroid dienone is 1. The Balaban J connectivity index is 2.70. The van der Waals surface area contributed by atoms with Crippen LogP contribution in [0.1, 0.15) is 20.8 Å². The number of carbonyl (C=O) groups excluding carboxylic acids is 3. The standard InChI is InChI=1S/C14H19NO6/c1-4-8(2)14(19)21-10-5-6-12(17)20-11(10)7-15-13(18)9(3)16/h4-6,9-11,16H,7H2,1-3H3,(H,15,18)/b8-4+/t9-,10-,11-/m0/s1. The highest BCUT2D eigenvalue weighted by atomic mass is 16.6. The lowest BCUT2D eigenvalue weighted by molar-refractivity contribution is -0.161. The van der Waals surface area contributed by atoms with Crippen molar-refractivity contribution in [3.8, 4) is 0 Å². The van der Waals surface area contributed by atoms with Gasteiger partial charge < -0.3 is 19.9 Å². The van der Waals surface area contributed by atoms with Crippen LogP contribution in [0.15, 0.2) is 23.8 Å². The average molecular weight is 297 g/mol. The number of aliphatic hydroxyl groups is 1. The smallest absolute Gasteiger partial charge is 0.334 e. The summed E-state index contributed by atoms with van der Waals surface area (Å²) in [5.74, 6) is -1.71. The number of carbonyl (C=O) groups is 3. The lowest BCUT2D eigenvalue weighted by atomic mass is 10.1. The van der Waals surface area contributed by atoms with E-state index >= 15 is 0 Å². The molecule has 1 rings (SSSR count). The molecule has 0 aromatic carbocycles. The van der Waals surface area contributed by atoms with Crippen molar-refractivity contribution < 1.29 is 29.0 Å². The SMILES string of the molecule is C/C=C(\C)C(=O)O[C@H]1C=CC(=O)O[C@H]1CNC(=O)[C@H](C)O. The minimum Gasteiger partial charge on any atom is -0.453 e. The molecular weight excluding hydrogens is 278 g/mol. The molecule has 0 bridgehead atoms. The van der Waals surface area contributed by atoms with Crippen LogP contribution >= 0.6 is 0 Å². The quantitative estimate of drug-likeness (QED) is 0.540. The molecule has 0 unspecified atom stereocenters. The van der Waals surface area contributed by atoms with E-state index in [9.17, 15) is 14.4 Å². The summed E-state index contributed by atoms with van der Waals surface area (Å²) in [5.41, 5.74) is 0.423. The van der Waals surface area contributed by atoms with Crippen molar-refractivity contribution in [2.45, 2.75) is 39.1 Å². The first-order valence-corrected chi connectivity index (χ1v) is 6.53. The lowest BCUT2D eigenvalue weighted by Gasteiger charge is -2.27. The molecule has 1 aliphatic heterocycles. The van der Waals surface area contributed by atoms with Gasteiger partial charge in [0, 0.05) is 11.6 Å². The van der Waals surface area contributed by atoms with Gasteiger partial charge in [-0.05, 0) is 26.8 Å². The summed E-state index contributed by atoms with van der Waals surface area (Å²) in [6.45, 7) is 4.56. The fraction of sp³-hybridized carbons (Fsp3) is 0.500. The van der Waals surface area contributed by atoms with E-state index in [0.29, 0.717) is 5.57 Å². The molecule has 0 spiro atoms. The summed E-state index contributed by atoms with van der Waals surface area (Å²) in [4.78, 5) is 34.3. The molecule has 116 valence electrons. The van der Waals surface area contributed by atoms with E-state index in [-0.39, 0.29) is 6.54 Å². The van der Waals surface area contributed by atoms with Gasteiger partial charge in [-0.1, -0.05) is 6.08 Å². The summed E-state index contributed by atoms with van der Waals surface area (Å²) in [7, 11) is 0. The predicted molar refractivity (Wildman–Crippen MR) is 73.0 cm³/mol. The van der Waals surface area contributed by atoms with E-state index in [0.717, 1.165) is 6.08 Å². The fourth-order valence-corrected chi connectivity index (χ4v) is 1.51. The minimum absolute atomic E-state index is 0.0629. The van der Waals surface area contributed by atoms with Crippen molar-refractivity contribution in [3.63, 3.8) is 0 Å². The number of rotatable bonds is 5. The summed E-state index contributed by atoms with van der Waals surface area (Å²) in [6, 6.07) is 0. The van der Waals surface area contributed by atoms with Gasteiger partial charge in [0.25, 0.3) is 0 Å². The van der Waals surface area contributed by atoms with Gasteiger partial charge in [0.05, 0.1) is 6.54 Å². The second-order valence-corrected chi connectivity index (χ2v) is 4.60.